The highest BCUT2D eigenvalue weighted by molar-refractivity contribution is 6.05. The van der Waals surface area contributed by atoms with Gasteiger partial charge < -0.3 is 9.47 Å². The second kappa shape index (κ2) is 7.05. The summed E-state index contributed by atoms with van der Waals surface area (Å²) in [6.07, 6.45) is 0.0544. The fourth-order valence-corrected chi connectivity index (χ4v) is 0.716. The van der Waals surface area contributed by atoms with Crippen molar-refractivity contribution >= 4 is 23.9 Å². The van der Waals surface area contributed by atoms with Gasteiger partial charge in [0.25, 0.3) is 0 Å². The molecule has 0 aliphatic carbocycles. The molecule has 0 atom stereocenters. The van der Waals surface area contributed by atoms with Gasteiger partial charge in [-0.15, -0.1) is 0 Å². The summed E-state index contributed by atoms with van der Waals surface area (Å²) in [6, 6.07) is 0. The second-order valence-corrected chi connectivity index (χ2v) is 3.78. The molecule has 0 aromatic carbocycles. The Kier molecular flexibility index (Phi) is 6.12. The van der Waals surface area contributed by atoms with Gasteiger partial charge in [0.2, 0.25) is 0 Å². The maximum Gasteiger partial charge on any atom is 0.341 e. The molecule has 1 rings (SSSR count). The van der Waals surface area contributed by atoms with E-state index in [9.17, 15) is 19.2 Å². The van der Waals surface area contributed by atoms with Crippen LogP contribution in [0.25, 0.3) is 0 Å². The molecule has 0 amide bonds. The lowest BCUT2D eigenvalue weighted by atomic mass is 10.3. The number of hydrogen-bond donors (Lipinski definition) is 0. The lowest BCUT2D eigenvalue weighted by molar-refractivity contribution is -0.154. The van der Waals surface area contributed by atoms with Crippen LogP contribution >= 0.6 is 0 Å². The van der Waals surface area contributed by atoms with Crippen LogP contribution in [0.3, 0.4) is 0 Å². The maximum absolute atomic E-state index is 10.7. The van der Waals surface area contributed by atoms with E-state index in [2.05, 4.69) is 29.2 Å². The highest BCUT2D eigenvalue weighted by Crippen LogP contribution is 2.10. The molecule has 1 saturated heterocycles. The van der Waals surface area contributed by atoms with Crippen molar-refractivity contribution in [3.63, 3.8) is 0 Å². The summed E-state index contributed by atoms with van der Waals surface area (Å²) in [6.45, 7) is 12.8. The smallest absolute Gasteiger partial charge is 0.341 e. The highest BCUT2D eigenvalue weighted by Gasteiger charge is 2.24. The van der Waals surface area contributed by atoms with Crippen molar-refractivity contribution in [2.75, 3.05) is 0 Å². The lowest BCUT2D eigenvalue weighted by Crippen LogP contribution is -2.12. The average Bonchev–Trinajstić information content (AvgIpc) is 2.56. The third-order valence-electron chi connectivity index (χ3n) is 1.74. The van der Waals surface area contributed by atoms with Crippen LogP contribution in [0.4, 0.5) is 0 Å². The molecule has 6 nitrogen and oxygen atoms in total. The van der Waals surface area contributed by atoms with E-state index in [1.807, 2.05) is 0 Å². The van der Waals surface area contributed by atoms with Crippen molar-refractivity contribution in [3.05, 3.63) is 36.5 Å². The fourth-order valence-electron chi connectivity index (χ4n) is 0.716. The van der Waals surface area contributed by atoms with Crippen LogP contribution in [0.2, 0.25) is 0 Å². The van der Waals surface area contributed by atoms with Gasteiger partial charge in [0.05, 0.1) is 6.42 Å². The Balaban J connectivity index is 0.000000356. The van der Waals surface area contributed by atoms with Gasteiger partial charge in [0, 0.05) is 16.7 Å². The number of rotatable bonds is 2. The maximum atomic E-state index is 10.7. The van der Waals surface area contributed by atoms with Gasteiger partial charge in [-0.1, -0.05) is 19.7 Å². The van der Waals surface area contributed by atoms with Crippen LogP contribution in [-0.2, 0) is 28.7 Å². The zero-order chi connectivity index (χ0) is 15.2. The fraction of sp³-hybridized carbons (Fsp3) is 0.231. The Bertz CT molecular complexity index is 441. The molecule has 19 heavy (non-hydrogen) atoms. The van der Waals surface area contributed by atoms with Crippen LogP contribution < -0.4 is 0 Å². The Morgan fingerprint density at radius 3 is 1.68 bits per heavy atom. The van der Waals surface area contributed by atoms with E-state index < -0.39 is 23.9 Å². The number of carbonyl (C=O) groups excluding carboxylic acids is 4. The number of esters is 4. The number of ether oxygens (including phenoxy) is 2. The topological polar surface area (TPSA) is 86.7 Å². The molecule has 0 aromatic rings. The summed E-state index contributed by atoms with van der Waals surface area (Å²) in [7, 11) is 0. The average molecular weight is 266 g/mol. The third kappa shape index (κ3) is 6.11. The summed E-state index contributed by atoms with van der Waals surface area (Å²) in [5.74, 6) is -2.51. The van der Waals surface area contributed by atoms with Gasteiger partial charge in [0.1, 0.15) is 0 Å². The molecule has 102 valence electrons. The molecular weight excluding hydrogens is 252 g/mol. The Morgan fingerprint density at radius 1 is 1.11 bits per heavy atom. The molecule has 1 fully saturated rings. The molecule has 0 spiro atoms. The molecule has 0 radical (unpaired) electrons. The molecule has 1 aliphatic rings. The third-order valence-corrected chi connectivity index (χ3v) is 1.74. The van der Waals surface area contributed by atoms with Gasteiger partial charge in [-0.2, -0.15) is 0 Å². The van der Waals surface area contributed by atoms with Crippen molar-refractivity contribution in [3.8, 4) is 0 Å². The van der Waals surface area contributed by atoms with Crippen molar-refractivity contribution in [2.24, 2.45) is 0 Å². The summed E-state index contributed by atoms with van der Waals surface area (Å²) in [5.41, 5.74) is 0.634. The number of carbonyl (C=O) groups is 4. The lowest BCUT2D eigenvalue weighted by Gasteiger charge is -1.99. The number of hydrogen-bond acceptors (Lipinski definition) is 6. The molecule has 0 bridgehead atoms. The minimum absolute atomic E-state index is 0.0544. The monoisotopic (exact) mass is 266 g/mol. The van der Waals surface area contributed by atoms with E-state index in [0.717, 1.165) is 0 Å². The minimum Gasteiger partial charge on any atom is -0.389 e. The van der Waals surface area contributed by atoms with Crippen molar-refractivity contribution in [1.82, 2.24) is 0 Å². The van der Waals surface area contributed by atoms with E-state index >= 15 is 0 Å². The Hall–Kier alpha value is -2.50. The molecule has 0 N–H and O–H groups in total. The summed E-state index contributed by atoms with van der Waals surface area (Å²) >= 11 is 0. The molecule has 0 saturated carbocycles. The van der Waals surface area contributed by atoms with Crippen molar-refractivity contribution < 1.29 is 28.7 Å². The van der Waals surface area contributed by atoms with Crippen molar-refractivity contribution in [1.29, 1.82) is 0 Å². The van der Waals surface area contributed by atoms with E-state index in [-0.39, 0.29) is 23.1 Å². The first-order valence-corrected chi connectivity index (χ1v) is 5.15. The normalized spacial score (nSPS) is 13.1. The Labute approximate surface area is 110 Å². The zero-order valence-electron chi connectivity index (χ0n) is 10.8. The highest BCUT2D eigenvalue weighted by atomic mass is 16.6. The van der Waals surface area contributed by atoms with Crippen LogP contribution in [0.1, 0.15) is 20.3 Å². The van der Waals surface area contributed by atoms with Crippen LogP contribution in [0.5, 0.6) is 0 Å². The first kappa shape index (κ1) is 16.5. The van der Waals surface area contributed by atoms with Gasteiger partial charge in [-0.3, -0.25) is 4.79 Å². The first-order chi connectivity index (χ1) is 8.65. The summed E-state index contributed by atoms with van der Waals surface area (Å²) < 4.78 is 8.39. The summed E-state index contributed by atoms with van der Waals surface area (Å²) in [4.78, 5) is 41.7. The first-order valence-electron chi connectivity index (χ1n) is 5.15. The van der Waals surface area contributed by atoms with Crippen LogP contribution in [-0.4, -0.2) is 23.9 Å². The van der Waals surface area contributed by atoms with Gasteiger partial charge >= 0.3 is 23.9 Å². The molecule has 1 heterocycles. The largest absolute Gasteiger partial charge is 0.389 e. The Morgan fingerprint density at radius 2 is 1.53 bits per heavy atom. The van der Waals surface area contributed by atoms with E-state index in [1.54, 1.807) is 0 Å². The van der Waals surface area contributed by atoms with Crippen LogP contribution in [0.15, 0.2) is 36.5 Å². The van der Waals surface area contributed by atoms with Crippen LogP contribution in [0, 0.1) is 0 Å². The molecule has 6 heteroatoms. The van der Waals surface area contributed by atoms with Gasteiger partial charge in [0.15, 0.2) is 0 Å². The predicted molar refractivity (Wildman–Crippen MR) is 65.6 cm³/mol. The quantitative estimate of drug-likeness (QED) is 0.424. The van der Waals surface area contributed by atoms with Gasteiger partial charge in [-0.25, -0.2) is 14.4 Å². The van der Waals surface area contributed by atoms with E-state index in [1.165, 1.54) is 13.8 Å². The molecule has 1 aliphatic heterocycles. The molecule has 0 unspecified atom stereocenters. The summed E-state index contributed by atoms with van der Waals surface area (Å²) in [5, 5.41) is 0. The SMILES string of the molecule is C=C(C)C(=O)OC(=O)C(=C)C.C=C1CC(=O)OC1=O. The second-order valence-electron chi connectivity index (χ2n) is 3.78. The van der Waals surface area contributed by atoms with E-state index in [4.69, 9.17) is 0 Å². The predicted octanol–water partition coefficient (Wildman–Crippen LogP) is 1.22. The molecular formula is C13H14O6. The minimum atomic E-state index is -0.710. The van der Waals surface area contributed by atoms with Crippen molar-refractivity contribution in [2.45, 2.75) is 20.3 Å². The van der Waals surface area contributed by atoms with E-state index in [0.29, 0.717) is 0 Å². The standard InChI is InChI=1S/C8H10O3.C5H4O3/c1-5(2)7(9)11-8(10)6(3)4;1-3-2-4(6)8-5(3)7/h1,3H2,2,4H3;1-2H2. The molecule has 0 aromatic heterocycles. The zero-order valence-corrected chi connectivity index (χ0v) is 10.8. The van der Waals surface area contributed by atoms with Gasteiger partial charge in [-0.05, 0) is 13.8 Å². The number of cyclic esters (lactones) is 2.